The Bertz CT molecular complexity index is 990. The third-order valence-electron chi connectivity index (χ3n) is 3.96. The van der Waals surface area contributed by atoms with Crippen molar-refractivity contribution in [3.05, 3.63) is 65.4 Å². The third kappa shape index (κ3) is 5.21. The van der Waals surface area contributed by atoms with Crippen LogP contribution >= 0.6 is 23.4 Å². The van der Waals surface area contributed by atoms with Crippen LogP contribution < -0.4 is 5.32 Å². The van der Waals surface area contributed by atoms with Gasteiger partial charge in [0, 0.05) is 22.8 Å². The fourth-order valence-electron chi connectivity index (χ4n) is 2.63. The monoisotopic (exact) mass is 414 g/mol. The summed E-state index contributed by atoms with van der Waals surface area (Å²) in [5.41, 5.74) is 1.95. The molecule has 1 aromatic heterocycles. The second-order valence-electron chi connectivity index (χ2n) is 6.07. The minimum atomic E-state index is -0.120. The molecule has 8 heteroatoms. The van der Waals surface area contributed by atoms with Gasteiger partial charge in [-0.25, -0.2) is 0 Å². The predicted octanol–water partition coefficient (Wildman–Crippen LogP) is 4.63. The molecule has 0 aliphatic carbocycles. The van der Waals surface area contributed by atoms with Crippen LogP contribution in [-0.2, 0) is 4.79 Å². The van der Waals surface area contributed by atoms with Crippen molar-refractivity contribution >= 4 is 40.7 Å². The highest BCUT2D eigenvalue weighted by molar-refractivity contribution is 7.99. The molecule has 0 radical (unpaired) electrons. The van der Waals surface area contributed by atoms with Crippen molar-refractivity contribution in [2.75, 3.05) is 11.1 Å². The van der Waals surface area contributed by atoms with Gasteiger partial charge in [-0.3, -0.25) is 14.2 Å². The van der Waals surface area contributed by atoms with Gasteiger partial charge in [0.25, 0.3) is 0 Å². The SMILES string of the molecule is CC(=O)c1ccccc1NC(=O)CCCSc1nncn1-c1cccc(Cl)c1. The van der Waals surface area contributed by atoms with Crippen LogP contribution in [-0.4, -0.2) is 32.2 Å². The minimum absolute atomic E-state index is 0.0770. The lowest BCUT2D eigenvalue weighted by molar-refractivity contribution is -0.116. The molecule has 3 rings (SSSR count). The molecule has 0 fully saturated rings. The number of hydrogen-bond acceptors (Lipinski definition) is 5. The molecular weight excluding hydrogens is 396 g/mol. The van der Waals surface area contributed by atoms with Gasteiger partial charge in [0.15, 0.2) is 10.9 Å². The van der Waals surface area contributed by atoms with Gasteiger partial charge in [0.2, 0.25) is 5.91 Å². The number of ketones is 1. The van der Waals surface area contributed by atoms with E-state index in [0.717, 1.165) is 10.8 Å². The molecule has 0 saturated carbocycles. The Labute approximate surface area is 172 Å². The van der Waals surface area contributed by atoms with E-state index in [4.69, 9.17) is 11.6 Å². The van der Waals surface area contributed by atoms with E-state index < -0.39 is 0 Å². The Morgan fingerprint density at radius 1 is 1.18 bits per heavy atom. The zero-order valence-corrected chi connectivity index (χ0v) is 16.8. The van der Waals surface area contributed by atoms with E-state index in [1.807, 2.05) is 28.8 Å². The first-order valence-electron chi connectivity index (χ1n) is 8.73. The average Bonchev–Trinajstić information content (AvgIpc) is 3.14. The van der Waals surface area contributed by atoms with Crippen molar-refractivity contribution in [3.8, 4) is 5.69 Å². The summed E-state index contributed by atoms with van der Waals surface area (Å²) in [4.78, 5) is 23.8. The van der Waals surface area contributed by atoms with E-state index in [2.05, 4.69) is 15.5 Å². The number of rotatable bonds is 8. The Hall–Kier alpha value is -2.64. The van der Waals surface area contributed by atoms with Gasteiger partial charge in [0.1, 0.15) is 6.33 Å². The second-order valence-corrected chi connectivity index (χ2v) is 7.56. The van der Waals surface area contributed by atoms with Gasteiger partial charge in [-0.15, -0.1) is 10.2 Å². The number of anilines is 1. The van der Waals surface area contributed by atoms with E-state index in [-0.39, 0.29) is 11.7 Å². The summed E-state index contributed by atoms with van der Waals surface area (Å²) in [5, 5.41) is 12.3. The van der Waals surface area contributed by atoms with Crippen LogP contribution in [0.15, 0.2) is 60.0 Å². The molecule has 0 unspecified atom stereocenters. The average molecular weight is 415 g/mol. The number of thioether (sulfide) groups is 1. The zero-order chi connectivity index (χ0) is 19.9. The number of Topliss-reactive ketones (excluding diaryl/α,β-unsaturated/α-hetero) is 1. The van der Waals surface area contributed by atoms with E-state index in [1.54, 1.807) is 30.6 Å². The summed E-state index contributed by atoms with van der Waals surface area (Å²) >= 11 is 7.57. The first kappa shape index (κ1) is 20.1. The van der Waals surface area contributed by atoms with Gasteiger partial charge in [-0.05, 0) is 43.7 Å². The largest absolute Gasteiger partial charge is 0.325 e. The summed E-state index contributed by atoms with van der Waals surface area (Å²) in [5.74, 6) is 0.513. The van der Waals surface area contributed by atoms with Gasteiger partial charge < -0.3 is 5.32 Å². The predicted molar refractivity (Wildman–Crippen MR) is 111 cm³/mol. The van der Waals surface area contributed by atoms with Gasteiger partial charge in [0.05, 0.1) is 11.4 Å². The maximum Gasteiger partial charge on any atom is 0.224 e. The van der Waals surface area contributed by atoms with Crippen molar-refractivity contribution in [2.24, 2.45) is 0 Å². The highest BCUT2D eigenvalue weighted by Gasteiger charge is 2.11. The standard InChI is InChI=1S/C20H19ClN4O2S/c1-14(26)17-8-2-3-9-18(17)23-19(27)10-5-11-28-20-24-22-13-25(20)16-7-4-6-15(21)12-16/h2-4,6-9,12-13H,5,10-11H2,1H3,(H,23,27). The molecule has 0 saturated heterocycles. The van der Waals surface area contributed by atoms with Crippen molar-refractivity contribution in [3.63, 3.8) is 0 Å². The topological polar surface area (TPSA) is 76.9 Å². The Morgan fingerprint density at radius 3 is 2.79 bits per heavy atom. The lowest BCUT2D eigenvalue weighted by Gasteiger charge is -2.09. The molecule has 3 aromatic rings. The van der Waals surface area contributed by atoms with Crippen LogP contribution in [0.2, 0.25) is 5.02 Å². The second kappa shape index (κ2) is 9.52. The quantitative estimate of drug-likeness (QED) is 0.330. The summed E-state index contributed by atoms with van der Waals surface area (Å²) in [7, 11) is 0. The number of carbonyl (C=O) groups is 2. The molecule has 1 amide bonds. The highest BCUT2D eigenvalue weighted by Crippen LogP contribution is 2.23. The maximum absolute atomic E-state index is 12.2. The van der Waals surface area contributed by atoms with Crippen LogP contribution in [0.4, 0.5) is 5.69 Å². The molecule has 1 N–H and O–H groups in total. The molecule has 6 nitrogen and oxygen atoms in total. The fourth-order valence-corrected chi connectivity index (χ4v) is 3.69. The number of nitrogens with one attached hydrogen (secondary N) is 1. The molecule has 2 aromatic carbocycles. The van der Waals surface area contributed by atoms with Crippen LogP contribution in [0.25, 0.3) is 5.69 Å². The zero-order valence-electron chi connectivity index (χ0n) is 15.3. The lowest BCUT2D eigenvalue weighted by Crippen LogP contribution is -2.14. The molecule has 0 aliphatic rings. The van der Waals surface area contributed by atoms with Crippen LogP contribution in [0, 0.1) is 0 Å². The van der Waals surface area contributed by atoms with Crippen LogP contribution in [0.5, 0.6) is 0 Å². The van der Waals surface area contributed by atoms with E-state index >= 15 is 0 Å². The summed E-state index contributed by atoms with van der Waals surface area (Å²) in [6, 6.07) is 14.5. The number of hydrogen-bond donors (Lipinski definition) is 1. The van der Waals surface area contributed by atoms with Crippen molar-refractivity contribution in [1.29, 1.82) is 0 Å². The highest BCUT2D eigenvalue weighted by atomic mass is 35.5. The van der Waals surface area contributed by atoms with Crippen molar-refractivity contribution in [2.45, 2.75) is 24.9 Å². The number of carbonyl (C=O) groups excluding carboxylic acids is 2. The molecule has 0 spiro atoms. The van der Waals surface area contributed by atoms with E-state index in [0.29, 0.717) is 34.9 Å². The van der Waals surface area contributed by atoms with Gasteiger partial charge in [-0.2, -0.15) is 0 Å². The Balaban J connectivity index is 1.51. The molecular formula is C20H19ClN4O2S. The number of para-hydroxylation sites is 1. The van der Waals surface area contributed by atoms with Crippen LogP contribution in [0.1, 0.15) is 30.1 Å². The van der Waals surface area contributed by atoms with Gasteiger partial charge in [-0.1, -0.05) is 41.6 Å². The lowest BCUT2D eigenvalue weighted by atomic mass is 10.1. The normalized spacial score (nSPS) is 10.6. The molecule has 0 aliphatic heterocycles. The summed E-state index contributed by atoms with van der Waals surface area (Å²) in [6.07, 6.45) is 2.66. The minimum Gasteiger partial charge on any atom is -0.325 e. The van der Waals surface area contributed by atoms with Crippen molar-refractivity contribution in [1.82, 2.24) is 14.8 Å². The number of halogens is 1. The fraction of sp³-hybridized carbons (Fsp3) is 0.200. The molecule has 0 bridgehead atoms. The third-order valence-corrected chi connectivity index (χ3v) is 5.23. The van der Waals surface area contributed by atoms with Gasteiger partial charge >= 0.3 is 0 Å². The first-order chi connectivity index (χ1) is 13.5. The van der Waals surface area contributed by atoms with Crippen molar-refractivity contribution < 1.29 is 9.59 Å². The number of benzene rings is 2. The number of nitrogens with zero attached hydrogens (tertiary/aromatic N) is 3. The van der Waals surface area contributed by atoms with Crippen LogP contribution in [0.3, 0.4) is 0 Å². The molecule has 0 atom stereocenters. The number of amides is 1. The molecule has 144 valence electrons. The maximum atomic E-state index is 12.2. The first-order valence-corrected chi connectivity index (χ1v) is 10.1. The Kier molecular flexibility index (Phi) is 6.84. The van der Waals surface area contributed by atoms with E-state index in [1.165, 1.54) is 18.7 Å². The smallest absolute Gasteiger partial charge is 0.224 e. The molecule has 1 heterocycles. The molecule has 28 heavy (non-hydrogen) atoms. The van der Waals surface area contributed by atoms with E-state index in [9.17, 15) is 9.59 Å². The summed E-state index contributed by atoms with van der Waals surface area (Å²) in [6.45, 7) is 1.48. The summed E-state index contributed by atoms with van der Waals surface area (Å²) < 4.78 is 1.86. The Morgan fingerprint density at radius 2 is 2.00 bits per heavy atom. The number of aromatic nitrogens is 3.